The van der Waals surface area contributed by atoms with Crippen molar-refractivity contribution < 1.29 is 14.0 Å². The molecule has 2 amide bonds. The van der Waals surface area contributed by atoms with Crippen molar-refractivity contribution in [2.45, 2.75) is 13.0 Å². The lowest BCUT2D eigenvalue weighted by Gasteiger charge is -2.34. The number of rotatable bonds is 6. The lowest BCUT2D eigenvalue weighted by atomic mass is 10.2. The first kappa shape index (κ1) is 16.7. The molecule has 1 aliphatic rings. The summed E-state index contributed by atoms with van der Waals surface area (Å²) in [5, 5.41) is 4.79. The van der Waals surface area contributed by atoms with Crippen LogP contribution in [0.4, 0.5) is 0 Å². The van der Waals surface area contributed by atoms with Crippen molar-refractivity contribution in [1.82, 2.24) is 15.1 Å². The van der Waals surface area contributed by atoms with Gasteiger partial charge in [0.15, 0.2) is 5.76 Å². The van der Waals surface area contributed by atoms with E-state index < -0.39 is 0 Å². The maximum absolute atomic E-state index is 12.2. The van der Waals surface area contributed by atoms with E-state index in [4.69, 9.17) is 4.42 Å². The molecule has 0 bridgehead atoms. The van der Waals surface area contributed by atoms with Crippen LogP contribution < -0.4 is 5.32 Å². The molecule has 0 saturated carbocycles. The van der Waals surface area contributed by atoms with E-state index in [1.807, 2.05) is 4.90 Å². The number of hydrogen-bond donors (Lipinski definition) is 1. The highest BCUT2D eigenvalue weighted by Crippen LogP contribution is 2.13. The van der Waals surface area contributed by atoms with Crippen molar-refractivity contribution in [3.8, 4) is 0 Å². The number of furan rings is 1. The Morgan fingerprint density at radius 2 is 2.00 bits per heavy atom. The fraction of sp³-hybridized carbons (Fsp3) is 0.412. The summed E-state index contributed by atoms with van der Waals surface area (Å²) in [7, 11) is 0. The number of hydrogen-bond acceptors (Lipinski definition) is 5. The Hall–Kier alpha value is -2.12. The highest BCUT2D eigenvalue weighted by Gasteiger charge is 2.21. The minimum absolute atomic E-state index is 0.0884. The molecule has 7 heteroatoms. The molecule has 0 aromatic carbocycles. The van der Waals surface area contributed by atoms with Crippen LogP contribution in [0, 0.1) is 0 Å². The van der Waals surface area contributed by atoms with E-state index in [0.717, 1.165) is 32.7 Å². The molecule has 128 valence electrons. The molecular weight excluding hydrogens is 326 g/mol. The first-order valence-corrected chi connectivity index (χ1v) is 8.94. The molecule has 2 aromatic heterocycles. The van der Waals surface area contributed by atoms with Gasteiger partial charge in [-0.25, -0.2) is 0 Å². The van der Waals surface area contributed by atoms with Gasteiger partial charge in [-0.05, 0) is 23.6 Å². The average Bonchev–Trinajstić information content (AvgIpc) is 3.29. The van der Waals surface area contributed by atoms with E-state index in [2.05, 4.69) is 27.7 Å². The predicted molar refractivity (Wildman–Crippen MR) is 91.8 cm³/mol. The number of nitrogens with zero attached hydrogens (tertiary/aromatic N) is 2. The molecule has 0 atom stereocenters. The SMILES string of the molecule is O=C(NCCC(=O)N1CCN(Cc2cccs2)CC1)c1ccco1. The van der Waals surface area contributed by atoms with Gasteiger partial charge in [-0.1, -0.05) is 6.07 Å². The van der Waals surface area contributed by atoms with Crippen molar-refractivity contribution in [2.75, 3.05) is 32.7 Å². The van der Waals surface area contributed by atoms with Crippen molar-refractivity contribution in [3.05, 3.63) is 46.5 Å². The molecule has 3 heterocycles. The summed E-state index contributed by atoms with van der Waals surface area (Å²) in [5.74, 6) is 0.0729. The van der Waals surface area contributed by atoms with Gasteiger partial charge in [-0.15, -0.1) is 11.3 Å². The van der Waals surface area contributed by atoms with Crippen molar-refractivity contribution >= 4 is 23.2 Å². The number of piperazine rings is 1. The van der Waals surface area contributed by atoms with Gasteiger partial charge in [0.05, 0.1) is 6.26 Å². The third-order valence-corrected chi connectivity index (χ3v) is 4.92. The zero-order chi connectivity index (χ0) is 16.8. The van der Waals surface area contributed by atoms with E-state index in [-0.39, 0.29) is 17.6 Å². The summed E-state index contributed by atoms with van der Waals surface area (Å²) in [6.07, 6.45) is 1.77. The second-order valence-corrected chi connectivity index (χ2v) is 6.75. The van der Waals surface area contributed by atoms with Crippen LogP contribution in [0.25, 0.3) is 0 Å². The zero-order valence-electron chi connectivity index (χ0n) is 13.4. The number of nitrogens with one attached hydrogen (secondary N) is 1. The second kappa shape index (κ2) is 8.12. The number of thiophene rings is 1. The van der Waals surface area contributed by atoms with Crippen LogP contribution in [0.15, 0.2) is 40.3 Å². The van der Waals surface area contributed by atoms with Crippen LogP contribution in [0.1, 0.15) is 21.9 Å². The summed E-state index contributed by atoms with van der Waals surface area (Å²) in [4.78, 5) is 29.6. The Labute approximate surface area is 145 Å². The molecule has 2 aromatic rings. The molecule has 0 radical (unpaired) electrons. The van der Waals surface area contributed by atoms with Crippen molar-refractivity contribution in [2.24, 2.45) is 0 Å². The normalized spacial score (nSPS) is 15.4. The first-order valence-electron chi connectivity index (χ1n) is 8.06. The lowest BCUT2D eigenvalue weighted by molar-refractivity contribution is -0.132. The van der Waals surface area contributed by atoms with Gasteiger partial charge in [0.2, 0.25) is 5.91 Å². The minimum atomic E-state index is -0.284. The van der Waals surface area contributed by atoms with E-state index in [0.29, 0.717) is 13.0 Å². The van der Waals surface area contributed by atoms with Crippen LogP contribution >= 0.6 is 11.3 Å². The van der Waals surface area contributed by atoms with Crippen LogP contribution in [0.2, 0.25) is 0 Å². The van der Waals surface area contributed by atoms with Gasteiger partial charge in [0.25, 0.3) is 5.91 Å². The summed E-state index contributed by atoms with van der Waals surface area (Å²) >= 11 is 1.77. The van der Waals surface area contributed by atoms with Crippen LogP contribution in [0.3, 0.4) is 0 Å². The second-order valence-electron chi connectivity index (χ2n) is 5.72. The average molecular weight is 347 g/mol. The van der Waals surface area contributed by atoms with Gasteiger partial charge >= 0.3 is 0 Å². The Balaban J connectivity index is 1.35. The standard InChI is InChI=1S/C17H21N3O3S/c21-16(5-6-18-17(22)15-4-1-11-23-15)20-9-7-19(8-10-20)13-14-3-2-12-24-14/h1-4,11-12H,5-10,13H2,(H,18,22). The van der Waals surface area contributed by atoms with Crippen LogP contribution in [-0.4, -0.2) is 54.3 Å². The van der Waals surface area contributed by atoms with Crippen LogP contribution in [-0.2, 0) is 11.3 Å². The third kappa shape index (κ3) is 4.46. The zero-order valence-corrected chi connectivity index (χ0v) is 14.3. The predicted octanol–water partition coefficient (Wildman–Crippen LogP) is 1.81. The van der Waals surface area contributed by atoms with Crippen molar-refractivity contribution in [3.63, 3.8) is 0 Å². The molecular formula is C17H21N3O3S. The van der Waals surface area contributed by atoms with Gasteiger partial charge in [-0.2, -0.15) is 0 Å². The molecule has 1 aliphatic heterocycles. The fourth-order valence-corrected chi connectivity index (χ4v) is 3.46. The maximum atomic E-state index is 12.2. The first-order chi connectivity index (χ1) is 11.7. The molecule has 0 spiro atoms. The molecule has 3 rings (SSSR count). The van der Waals surface area contributed by atoms with E-state index >= 15 is 0 Å². The van der Waals surface area contributed by atoms with Gasteiger partial charge in [0.1, 0.15) is 0 Å². The summed E-state index contributed by atoms with van der Waals surface area (Å²) in [5.41, 5.74) is 0. The number of amides is 2. The molecule has 1 fully saturated rings. The third-order valence-electron chi connectivity index (χ3n) is 4.05. The minimum Gasteiger partial charge on any atom is -0.459 e. The van der Waals surface area contributed by atoms with Gasteiger partial charge in [-0.3, -0.25) is 14.5 Å². The van der Waals surface area contributed by atoms with Gasteiger partial charge < -0.3 is 14.6 Å². The largest absolute Gasteiger partial charge is 0.459 e. The number of carbonyl (C=O) groups is 2. The van der Waals surface area contributed by atoms with Gasteiger partial charge in [0, 0.05) is 50.6 Å². The highest BCUT2D eigenvalue weighted by atomic mass is 32.1. The smallest absolute Gasteiger partial charge is 0.286 e. The monoisotopic (exact) mass is 347 g/mol. The maximum Gasteiger partial charge on any atom is 0.286 e. The Kier molecular flexibility index (Phi) is 5.66. The molecule has 0 aliphatic carbocycles. The van der Waals surface area contributed by atoms with E-state index in [1.165, 1.54) is 11.1 Å². The van der Waals surface area contributed by atoms with E-state index in [1.54, 1.807) is 23.5 Å². The topological polar surface area (TPSA) is 65.8 Å². The van der Waals surface area contributed by atoms with Crippen LogP contribution in [0.5, 0.6) is 0 Å². The molecule has 6 nitrogen and oxygen atoms in total. The summed E-state index contributed by atoms with van der Waals surface area (Å²) in [6.45, 7) is 4.56. The number of carbonyl (C=O) groups excluding carboxylic acids is 2. The molecule has 24 heavy (non-hydrogen) atoms. The summed E-state index contributed by atoms with van der Waals surface area (Å²) in [6, 6.07) is 7.47. The van der Waals surface area contributed by atoms with E-state index in [9.17, 15) is 9.59 Å². The molecule has 1 N–H and O–H groups in total. The van der Waals surface area contributed by atoms with Crippen molar-refractivity contribution in [1.29, 1.82) is 0 Å². The fourth-order valence-electron chi connectivity index (χ4n) is 2.71. The Morgan fingerprint density at radius 1 is 1.17 bits per heavy atom. The lowest BCUT2D eigenvalue weighted by Crippen LogP contribution is -2.48. The summed E-state index contributed by atoms with van der Waals surface area (Å²) < 4.78 is 5.01. The highest BCUT2D eigenvalue weighted by molar-refractivity contribution is 7.09. The Morgan fingerprint density at radius 3 is 2.67 bits per heavy atom. The quantitative estimate of drug-likeness (QED) is 0.865. The molecule has 1 saturated heterocycles. The molecule has 0 unspecified atom stereocenters. The Bertz CT molecular complexity index is 647.